The molecule has 0 atom stereocenters. The third kappa shape index (κ3) is 13.6. The molecule has 0 radical (unpaired) electrons. The van der Waals surface area contributed by atoms with Gasteiger partial charge in [0.15, 0.2) is 0 Å². The highest BCUT2D eigenvalue weighted by molar-refractivity contribution is 7.79. The lowest BCUT2D eigenvalue weighted by Gasteiger charge is -2.06. The normalized spacial score (nSPS) is 10.3. The molecule has 2 N–H and O–H groups in total. The summed E-state index contributed by atoms with van der Waals surface area (Å²) in [5.41, 5.74) is 0. The van der Waals surface area contributed by atoms with Gasteiger partial charge < -0.3 is 19.3 Å². The van der Waals surface area contributed by atoms with Crippen LogP contribution in [0.15, 0.2) is 37.4 Å². The number of aromatic nitrogens is 4. The van der Waals surface area contributed by atoms with E-state index in [1.54, 1.807) is 0 Å². The smallest absolute Gasteiger partial charge is 0.243 e. The van der Waals surface area contributed by atoms with E-state index in [2.05, 4.69) is 0 Å². The minimum absolute atomic E-state index is 0.203. The first kappa shape index (κ1) is 21.2. The Labute approximate surface area is 135 Å². The van der Waals surface area contributed by atoms with Crippen molar-refractivity contribution in [2.24, 2.45) is 14.1 Å². The van der Waals surface area contributed by atoms with E-state index < -0.39 is 10.4 Å². The van der Waals surface area contributed by atoms with Crippen molar-refractivity contribution in [1.29, 1.82) is 0 Å². The summed E-state index contributed by atoms with van der Waals surface area (Å²) in [6.07, 6.45) is 11.6. The molecule has 0 saturated heterocycles. The molecule has 132 valence electrons. The molecule has 10 nitrogen and oxygen atoms in total. The fourth-order valence-corrected chi connectivity index (χ4v) is 1.50. The molecular weight excluding hydrogens is 328 g/mol. The van der Waals surface area contributed by atoms with Crippen molar-refractivity contribution in [3.63, 3.8) is 0 Å². The highest BCUT2D eigenvalue weighted by atomic mass is 32.3. The van der Waals surface area contributed by atoms with E-state index in [-0.39, 0.29) is 13.2 Å². The number of aliphatic hydroxyl groups excluding tert-OH is 2. The minimum atomic E-state index is -5.17. The van der Waals surface area contributed by atoms with Crippen molar-refractivity contribution >= 4 is 10.4 Å². The molecule has 0 unspecified atom stereocenters. The van der Waals surface area contributed by atoms with Crippen LogP contribution in [-0.4, -0.2) is 50.1 Å². The van der Waals surface area contributed by atoms with Gasteiger partial charge in [-0.05, 0) is 0 Å². The highest BCUT2D eigenvalue weighted by Gasteiger charge is 1.96. The van der Waals surface area contributed by atoms with Gasteiger partial charge in [-0.2, -0.15) is 0 Å². The molecule has 0 fully saturated rings. The van der Waals surface area contributed by atoms with Crippen molar-refractivity contribution in [3.8, 4) is 0 Å². The molecule has 11 heteroatoms. The number of hydrogen-bond acceptors (Lipinski definition) is 6. The molecule has 0 aromatic carbocycles. The first-order chi connectivity index (χ1) is 10.7. The molecule has 2 aromatic heterocycles. The Balaban J connectivity index is 0.000000332. The maximum atomic E-state index is 8.52. The van der Waals surface area contributed by atoms with Crippen LogP contribution in [0.25, 0.3) is 0 Å². The number of aryl methyl sites for hydroxylation is 2. The fourth-order valence-electron chi connectivity index (χ4n) is 1.50. The van der Waals surface area contributed by atoms with Crippen LogP contribution in [0.2, 0.25) is 0 Å². The largest absolute Gasteiger partial charge is 0.759 e. The first-order valence-electron chi connectivity index (χ1n) is 6.56. The molecule has 2 heterocycles. The molecule has 0 amide bonds. The lowest BCUT2D eigenvalue weighted by atomic mass is 10.7. The summed E-state index contributed by atoms with van der Waals surface area (Å²) in [5, 5.41) is 17.0. The van der Waals surface area contributed by atoms with Gasteiger partial charge in [0.2, 0.25) is 12.7 Å². The van der Waals surface area contributed by atoms with Crippen LogP contribution < -0.4 is 9.13 Å². The number of hydrogen-bond donors (Lipinski definition) is 2. The van der Waals surface area contributed by atoms with Gasteiger partial charge in [-0.15, -0.1) is 0 Å². The average molecular weight is 350 g/mol. The molecular formula is C12H22N4O6S. The van der Waals surface area contributed by atoms with Gasteiger partial charge in [0.1, 0.15) is 37.9 Å². The molecule has 0 spiro atoms. The number of imidazole rings is 2. The molecule has 23 heavy (non-hydrogen) atoms. The summed E-state index contributed by atoms with van der Waals surface area (Å²) in [4.78, 5) is 0. The van der Waals surface area contributed by atoms with E-state index in [0.717, 1.165) is 0 Å². The highest BCUT2D eigenvalue weighted by Crippen LogP contribution is 1.81. The average Bonchev–Trinajstić information content (AvgIpc) is 2.98. The molecule has 2 rings (SSSR count). The predicted octanol–water partition coefficient (Wildman–Crippen LogP) is -2.73. The maximum absolute atomic E-state index is 8.52. The molecule has 0 aliphatic carbocycles. The summed E-state index contributed by atoms with van der Waals surface area (Å²) < 4.78 is 41.8. The van der Waals surface area contributed by atoms with Crippen LogP contribution in [0.1, 0.15) is 0 Å². The zero-order valence-electron chi connectivity index (χ0n) is 13.0. The number of nitrogens with zero attached hydrogens (tertiary/aromatic N) is 4. The van der Waals surface area contributed by atoms with Crippen LogP contribution in [-0.2, 0) is 37.6 Å². The second-order valence-corrected chi connectivity index (χ2v) is 5.31. The van der Waals surface area contributed by atoms with Gasteiger partial charge in [0.05, 0.1) is 27.3 Å². The Bertz CT molecular complexity index is 602. The summed E-state index contributed by atoms with van der Waals surface area (Å²) in [6.45, 7) is 1.77. The SMILES string of the molecule is C[n+]1ccn(CCO)c1.C[n+]1ccn(CCO)c1.O=S(=O)([O-])[O-]. The standard InChI is InChI=1S/2C6H11N2O.H2O4S/c2*1-7-2-3-8(6-7)4-5-9;1-5(2,3)4/h2*2-3,6,9H,4-5H2,1H3;(H2,1,2,3,4)/q2*+1;/p-2. The molecule has 0 aliphatic rings. The summed E-state index contributed by atoms with van der Waals surface area (Å²) in [6, 6.07) is 0. The van der Waals surface area contributed by atoms with Crippen LogP contribution in [0.3, 0.4) is 0 Å². The second kappa shape index (κ2) is 10.9. The third-order valence-corrected chi connectivity index (χ3v) is 2.36. The Kier molecular flexibility index (Phi) is 10.0. The Morgan fingerprint density at radius 1 is 0.913 bits per heavy atom. The zero-order chi connectivity index (χ0) is 17.9. The van der Waals surface area contributed by atoms with E-state index in [9.17, 15) is 0 Å². The van der Waals surface area contributed by atoms with Gasteiger partial charge in [0.25, 0.3) is 0 Å². The van der Waals surface area contributed by atoms with Gasteiger partial charge in [-0.25, -0.2) is 18.3 Å². The van der Waals surface area contributed by atoms with E-state index >= 15 is 0 Å². The lowest BCUT2D eigenvalue weighted by Crippen LogP contribution is -2.23. The third-order valence-electron chi connectivity index (χ3n) is 2.36. The van der Waals surface area contributed by atoms with E-state index in [1.807, 2.05) is 69.8 Å². The second-order valence-electron chi connectivity index (χ2n) is 4.49. The monoisotopic (exact) mass is 350 g/mol. The topological polar surface area (TPSA) is 138 Å². The van der Waals surface area contributed by atoms with Crippen molar-refractivity contribution < 1.29 is 36.9 Å². The first-order valence-corrected chi connectivity index (χ1v) is 7.89. The number of aliphatic hydroxyl groups is 2. The summed E-state index contributed by atoms with van der Waals surface area (Å²) in [7, 11) is -1.26. The van der Waals surface area contributed by atoms with Crippen molar-refractivity contribution in [2.45, 2.75) is 13.1 Å². The zero-order valence-corrected chi connectivity index (χ0v) is 13.8. The van der Waals surface area contributed by atoms with Crippen LogP contribution in [0, 0.1) is 0 Å². The lowest BCUT2D eigenvalue weighted by molar-refractivity contribution is -0.671. The Hall–Kier alpha value is -1.79. The van der Waals surface area contributed by atoms with Gasteiger partial charge in [-0.1, -0.05) is 0 Å². The van der Waals surface area contributed by atoms with Crippen LogP contribution in [0.4, 0.5) is 0 Å². The Morgan fingerprint density at radius 2 is 1.22 bits per heavy atom. The van der Waals surface area contributed by atoms with Crippen LogP contribution >= 0.6 is 0 Å². The van der Waals surface area contributed by atoms with Gasteiger partial charge in [0, 0.05) is 10.4 Å². The van der Waals surface area contributed by atoms with Crippen molar-refractivity contribution in [3.05, 3.63) is 37.4 Å². The van der Waals surface area contributed by atoms with Crippen LogP contribution in [0.5, 0.6) is 0 Å². The molecule has 0 bridgehead atoms. The predicted molar refractivity (Wildman–Crippen MR) is 75.9 cm³/mol. The molecule has 0 aliphatic heterocycles. The van der Waals surface area contributed by atoms with E-state index in [1.165, 1.54) is 0 Å². The Morgan fingerprint density at radius 3 is 1.39 bits per heavy atom. The van der Waals surface area contributed by atoms with Gasteiger partial charge in [-0.3, -0.25) is 8.42 Å². The number of rotatable bonds is 4. The summed E-state index contributed by atoms with van der Waals surface area (Å²) in [5.74, 6) is 0. The van der Waals surface area contributed by atoms with Crippen molar-refractivity contribution in [2.75, 3.05) is 13.2 Å². The molecule has 2 aromatic rings. The van der Waals surface area contributed by atoms with Gasteiger partial charge >= 0.3 is 0 Å². The minimum Gasteiger partial charge on any atom is -0.759 e. The summed E-state index contributed by atoms with van der Waals surface area (Å²) >= 11 is 0. The van der Waals surface area contributed by atoms with E-state index in [0.29, 0.717) is 13.1 Å². The fraction of sp³-hybridized carbons (Fsp3) is 0.500. The molecule has 0 saturated carbocycles. The van der Waals surface area contributed by atoms with Crippen molar-refractivity contribution in [1.82, 2.24) is 9.13 Å². The quantitative estimate of drug-likeness (QED) is 0.349. The van der Waals surface area contributed by atoms with E-state index in [4.69, 9.17) is 27.7 Å². The maximum Gasteiger partial charge on any atom is 0.243 e.